The lowest BCUT2D eigenvalue weighted by molar-refractivity contribution is -0.159. The highest BCUT2D eigenvalue weighted by atomic mass is 32.2. The Balaban J connectivity index is 1.75. The van der Waals surface area contributed by atoms with E-state index in [1.165, 1.54) is 11.8 Å². The lowest BCUT2D eigenvalue weighted by Crippen LogP contribution is -2.57. The SMILES string of the molecule is COC(=O)[C@H](CC(=O)OC(C)(C)C)NC(=O)[C@H](CSC(c1ccccc1)(c1ccccc1)c1ccccc1)NC(=O)[C@H](CCC(=O)OC(C)(C)C)NC(=O)C1=CCC1. The topological polar surface area (TPSA) is 166 Å². The zero-order valence-electron chi connectivity index (χ0n) is 34.3. The van der Waals surface area contributed by atoms with Gasteiger partial charge in [0.15, 0.2) is 0 Å². The monoisotopic (exact) mass is 813 g/mol. The summed E-state index contributed by atoms with van der Waals surface area (Å²) in [6.45, 7) is 10.2. The van der Waals surface area contributed by atoms with E-state index in [0.717, 1.165) is 30.2 Å². The Kier molecular flexibility index (Phi) is 15.9. The van der Waals surface area contributed by atoms with Gasteiger partial charge in [-0.25, -0.2) is 4.79 Å². The minimum Gasteiger partial charge on any atom is -0.467 e. The summed E-state index contributed by atoms with van der Waals surface area (Å²) in [6, 6.07) is 25.2. The molecule has 0 fully saturated rings. The number of rotatable bonds is 18. The highest BCUT2D eigenvalue weighted by Crippen LogP contribution is 2.48. The summed E-state index contributed by atoms with van der Waals surface area (Å²) < 4.78 is 14.9. The number of carbonyl (C=O) groups excluding carboxylic acids is 6. The van der Waals surface area contributed by atoms with Gasteiger partial charge >= 0.3 is 17.9 Å². The lowest BCUT2D eigenvalue weighted by atomic mass is 9.84. The third-order valence-corrected chi connectivity index (χ3v) is 10.6. The molecule has 0 spiro atoms. The van der Waals surface area contributed by atoms with Crippen LogP contribution in [0.15, 0.2) is 103 Å². The number of methoxy groups -OCH3 is 1. The summed E-state index contributed by atoms with van der Waals surface area (Å²) in [5, 5.41) is 8.19. The molecule has 3 atom stereocenters. The van der Waals surface area contributed by atoms with E-state index in [0.29, 0.717) is 12.0 Å². The number of hydrogen-bond donors (Lipinski definition) is 3. The number of hydrogen-bond acceptors (Lipinski definition) is 10. The first-order valence-corrected chi connectivity index (χ1v) is 20.3. The quantitative estimate of drug-likeness (QED) is 0.0799. The minimum absolute atomic E-state index is 0.0610. The zero-order chi connectivity index (χ0) is 42.5. The van der Waals surface area contributed by atoms with Gasteiger partial charge in [0.25, 0.3) is 0 Å². The third-order valence-electron chi connectivity index (χ3n) is 9.01. The molecule has 310 valence electrons. The van der Waals surface area contributed by atoms with Crippen LogP contribution in [0.3, 0.4) is 0 Å². The van der Waals surface area contributed by atoms with Gasteiger partial charge in [-0.2, -0.15) is 0 Å². The third kappa shape index (κ3) is 13.1. The normalized spacial score (nSPS) is 14.3. The van der Waals surface area contributed by atoms with Gasteiger partial charge in [-0.1, -0.05) is 97.1 Å². The zero-order valence-corrected chi connectivity index (χ0v) is 35.1. The summed E-state index contributed by atoms with van der Waals surface area (Å²) in [5.41, 5.74) is 1.58. The van der Waals surface area contributed by atoms with E-state index in [-0.39, 0.29) is 18.6 Å². The van der Waals surface area contributed by atoms with Crippen molar-refractivity contribution in [2.24, 2.45) is 0 Å². The van der Waals surface area contributed by atoms with E-state index >= 15 is 0 Å². The van der Waals surface area contributed by atoms with E-state index in [2.05, 4.69) is 16.0 Å². The molecule has 0 radical (unpaired) electrons. The summed E-state index contributed by atoms with van der Waals surface area (Å²) in [7, 11) is 1.13. The molecule has 58 heavy (non-hydrogen) atoms. The van der Waals surface area contributed by atoms with Crippen LogP contribution in [0.1, 0.15) is 90.3 Å². The van der Waals surface area contributed by atoms with Gasteiger partial charge in [-0.15, -0.1) is 11.8 Å². The molecule has 0 aromatic heterocycles. The lowest BCUT2D eigenvalue weighted by Gasteiger charge is -2.36. The van der Waals surface area contributed by atoms with Crippen molar-refractivity contribution in [2.75, 3.05) is 12.9 Å². The molecule has 3 amide bonds. The summed E-state index contributed by atoms with van der Waals surface area (Å²) >= 11 is 1.38. The first-order chi connectivity index (χ1) is 27.4. The molecule has 13 heteroatoms. The molecule has 1 aliphatic carbocycles. The van der Waals surface area contributed by atoms with Crippen LogP contribution in [-0.4, -0.2) is 77.8 Å². The predicted octanol–water partition coefficient (Wildman–Crippen LogP) is 5.91. The van der Waals surface area contributed by atoms with E-state index in [4.69, 9.17) is 14.2 Å². The van der Waals surface area contributed by atoms with Crippen molar-refractivity contribution in [1.82, 2.24) is 16.0 Å². The van der Waals surface area contributed by atoms with Crippen LogP contribution in [0.5, 0.6) is 0 Å². The first kappa shape index (κ1) is 45.3. The van der Waals surface area contributed by atoms with Gasteiger partial charge in [0.05, 0.1) is 18.3 Å². The number of benzene rings is 3. The number of nitrogens with one attached hydrogen (secondary N) is 3. The molecule has 1 aliphatic rings. The van der Waals surface area contributed by atoms with Crippen molar-refractivity contribution >= 4 is 47.4 Å². The second kappa shape index (κ2) is 20.3. The molecular formula is C45H55N3O9S. The fourth-order valence-corrected chi connectivity index (χ4v) is 7.82. The molecule has 0 aliphatic heterocycles. The number of ether oxygens (including phenoxy) is 3. The van der Waals surface area contributed by atoms with Gasteiger partial charge in [0.2, 0.25) is 17.7 Å². The number of esters is 3. The number of allylic oxidation sites excluding steroid dienone is 1. The van der Waals surface area contributed by atoms with Crippen molar-refractivity contribution < 1.29 is 43.0 Å². The molecule has 0 heterocycles. The maximum Gasteiger partial charge on any atom is 0.328 e. The van der Waals surface area contributed by atoms with Crippen LogP contribution in [-0.2, 0) is 47.7 Å². The number of amides is 3. The highest BCUT2D eigenvalue weighted by Gasteiger charge is 2.40. The van der Waals surface area contributed by atoms with E-state index in [9.17, 15) is 28.8 Å². The molecule has 4 rings (SSSR count). The number of thioether (sulfide) groups is 1. The van der Waals surface area contributed by atoms with Gasteiger partial charge in [-0.05, 0) is 77.5 Å². The molecule has 0 bridgehead atoms. The molecule has 0 unspecified atom stereocenters. The Hall–Kier alpha value is -5.43. The Labute approximate surface area is 345 Å². The van der Waals surface area contributed by atoms with Crippen molar-refractivity contribution in [3.63, 3.8) is 0 Å². The van der Waals surface area contributed by atoms with Crippen molar-refractivity contribution in [3.8, 4) is 0 Å². The Morgan fingerprint density at radius 3 is 1.52 bits per heavy atom. The smallest absolute Gasteiger partial charge is 0.328 e. The Morgan fingerprint density at radius 1 is 0.638 bits per heavy atom. The first-order valence-electron chi connectivity index (χ1n) is 19.3. The molecule has 3 N–H and O–H groups in total. The predicted molar refractivity (Wildman–Crippen MR) is 222 cm³/mol. The van der Waals surface area contributed by atoms with Crippen LogP contribution in [0, 0.1) is 0 Å². The molecule has 0 saturated carbocycles. The van der Waals surface area contributed by atoms with Crippen molar-refractivity contribution in [2.45, 2.75) is 108 Å². The van der Waals surface area contributed by atoms with Crippen LogP contribution in [0.2, 0.25) is 0 Å². The van der Waals surface area contributed by atoms with Crippen LogP contribution in [0.25, 0.3) is 0 Å². The maximum absolute atomic E-state index is 14.5. The molecular weight excluding hydrogens is 759 g/mol. The van der Waals surface area contributed by atoms with Crippen LogP contribution in [0.4, 0.5) is 0 Å². The summed E-state index contributed by atoms with van der Waals surface area (Å²) in [6.07, 6.45) is 2.19. The van der Waals surface area contributed by atoms with Crippen molar-refractivity contribution in [1.29, 1.82) is 0 Å². The average Bonchev–Trinajstić information content (AvgIpc) is 3.14. The summed E-state index contributed by atoms with van der Waals surface area (Å²) in [5.74, 6) is -4.23. The maximum atomic E-state index is 14.5. The largest absolute Gasteiger partial charge is 0.467 e. The molecule has 12 nitrogen and oxygen atoms in total. The highest BCUT2D eigenvalue weighted by molar-refractivity contribution is 8.00. The van der Waals surface area contributed by atoms with Gasteiger partial charge in [-0.3, -0.25) is 24.0 Å². The number of carbonyl (C=O) groups is 6. The molecule has 0 saturated heterocycles. The minimum atomic E-state index is -1.45. The second-order valence-electron chi connectivity index (χ2n) is 15.9. The second-order valence-corrected chi connectivity index (χ2v) is 17.2. The van der Waals surface area contributed by atoms with Gasteiger partial charge < -0.3 is 30.2 Å². The van der Waals surface area contributed by atoms with Gasteiger partial charge in [0, 0.05) is 17.7 Å². The Bertz CT molecular complexity index is 1830. The Morgan fingerprint density at radius 2 is 1.09 bits per heavy atom. The summed E-state index contributed by atoms with van der Waals surface area (Å²) in [4.78, 5) is 80.6. The van der Waals surface area contributed by atoms with E-state index < -0.39 is 76.1 Å². The van der Waals surface area contributed by atoms with E-state index in [1.54, 1.807) is 47.6 Å². The van der Waals surface area contributed by atoms with Crippen molar-refractivity contribution in [3.05, 3.63) is 119 Å². The van der Waals surface area contributed by atoms with E-state index in [1.807, 2.05) is 91.0 Å². The molecule has 3 aromatic carbocycles. The average molecular weight is 814 g/mol. The standard InChI is InChI=1S/C45H55N3O9S/c1-43(2,3)56-37(49)27-26-34(46-39(51)30-18-17-19-30)40(52)48-36(41(53)47-35(42(54)55-7)28-38(50)57-44(4,5)6)29-58-45(31-20-11-8-12-21-31,32-22-13-9-14-23-32)33-24-15-10-16-25-33/h8-16,18,20-25,34-36H,17,19,26-29H2,1-7H3,(H,46,51)(H,47,53)(H,48,52)/t34-,35-,36-/m0/s1. The van der Waals surface area contributed by atoms with Crippen LogP contribution >= 0.6 is 11.8 Å². The fraction of sp³-hybridized carbons (Fsp3) is 0.422. The fourth-order valence-electron chi connectivity index (χ4n) is 6.26. The molecule has 3 aromatic rings. The van der Waals surface area contributed by atoms with Crippen LogP contribution < -0.4 is 16.0 Å². The van der Waals surface area contributed by atoms with Gasteiger partial charge in [0.1, 0.15) is 29.3 Å².